The van der Waals surface area contributed by atoms with Crippen LogP contribution < -0.4 is 9.47 Å². The van der Waals surface area contributed by atoms with E-state index in [0.717, 1.165) is 29.0 Å². The van der Waals surface area contributed by atoms with Gasteiger partial charge in [0, 0.05) is 5.41 Å². The zero-order chi connectivity index (χ0) is 26.5. The van der Waals surface area contributed by atoms with Gasteiger partial charge in [-0.05, 0) is 127 Å². The maximum atomic E-state index is 12.0. The van der Waals surface area contributed by atoms with Crippen LogP contribution in [0.4, 0.5) is 0 Å². The van der Waals surface area contributed by atoms with Crippen molar-refractivity contribution in [1.29, 1.82) is 0 Å². The van der Waals surface area contributed by atoms with E-state index in [4.69, 9.17) is 9.47 Å². The molecule has 0 amide bonds. The Morgan fingerprint density at radius 1 is 0.686 bits per heavy atom. The molecule has 0 saturated heterocycles. The molecule has 2 aromatic rings. The van der Waals surface area contributed by atoms with E-state index in [-0.39, 0.29) is 30.2 Å². The maximum Gasteiger partial charge on any atom is 0.184 e. The number of hydrogen-bond acceptors (Lipinski definition) is 6. The molecule has 0 aliphatic heterocycles. The fourth-order valence-corrected chi connectivity index (χ4v) is 6.22. The smallest absolute Gasteiger partial charge is 0.184 e. The van der Waals surface area contributed by atoms with Gasteiger partial charge in [-0.1, -0.05) is 13.8 Å². The van der Waals surface area contributed by atoms with E-state index < -0.39 is 0 Å². The molecular formula is C25H30Br4N2O4. The van der Waals surface area contributed by atoms with Crippen LogP contribution in [0.2, 0.25) is 0 Å². The fourth-order valence-electron chi connectivity index (χ4n) is 3.39. The van der Waals surface area contributed by atoms with E-state index in [2.05, 4.69) is 77.6 Å². The van der Waals surface area contributed by atoms with Gasteiger partial charge < -0.3 is 19.3 Å². The number of halogens is 4. The molecule has 10 heteroatoms. The van der Waals surface area contributed by atoms with Crippen LogP contribution in [0.15, 0.2) is 42.2 Å². The number of likely N-dealkylation sites (N-methyl/N-ethyl adjacent to an activating group) is 2. The van der Waals surface area contributed by atoms with Crippen molar-refractivity contribution in [3.05, 3.63) is 53.3 Å². The number of nitrogens with zero attached hydrogens (tertiary/aromatic N) is 2. The minimum Gasteiger partial charge on any atom is -0.483 e. The van der Waals surface area contributed by atoms with Crippen LogP contribution in [0.5, 0.6) is 11.5 Å². The fraction of sp³-hybridized carbons (Fsp3) is 0.440. The SMILES string of the molecule is CN(C)CC(=O)COc1c(Br)cc(C(C)(C)c2cc(Br)c(OCC(=O)CN(C)C)c(Br)c2)cc1Br. The van der Waals surface area contributed by atoms with Crippen molar-refractivity contribution in [3.63, 3.8) is 0 Å². The Labute approximate surface area is 241 Å². The van der Waals surface area contributed by atoms with Crippen LogP contribution in [0, 0.1) is 0 Å². The molecule has 0 heterocycles. The molecule has 2 rings (SSSR count). The average Bonchev–Trinajstić information content (AvgIpc) is 2.71. The van der Waals surface area contributed by atoms with Gasteiger partial charge in [-0.3, -0.25) is 9.59 Å². The Morgan fingerprint density at radius 2 is 0.971 bits per heavy atom. The molecule has 0 unspecified atom stereocenters. The zero-order valence-corrected chi connectivity index (χ0v) is 27.0. The van der Waals surface area contributed by atoms with Crippen LogP contribution in [-0.2, 0) is 15.0 Å². The number of carbonyl (C=O) groups is 2. The minimum atomic E-state index is -0.380. The first-order valence-corrected chi connectivity index (χ1v) is 14.0. The number of carbonyl (C=O) groups excluding carboxylic acids is 2. The van der Waals surface area contributed by atoms with Crippen LogP contribution >= 0.6 is 63.7 Å². The van der Waals surface area contributed by atoms with Gasteiger partial charge in [0.2, 0.25) is 0 Å². The summed E-state index contributed by atoms with van der Waals surface area (Å²) in [6.07, 6.45) is 0. The molecule has 0 spiro atoms. The molecule has 0 atom stereocenters. The van der Waals surface area contributed by atoms with E-state index in [1.54, 1.807) is 0 Å². The van der Waals surface area contributed by atoms with E-state index in [0.29, 0.717) is 24.6 Å². The molecule has 6 nitrogen and oxygen atoms in total. The maximum absolute atomic E-state index is 12.0. The predicted octanol–water partition coefficient (Wildman–Crippen LogP) is 6.08. The molecule has 35 heavy (non-hydrogen) atoms. The van der Waals surface area contributed by atoms with Gasteiger partial charge in [-0.25, -0.2) is 0 Å². The molecule has 0 saturated carbocycles. The van der Waals surface area contributed by atoms with Crippen LogP contribution in [0.3, 0.4) is 0 Å². The molecule has 0 radical (unpaired) electrons. The number of rotatable bonds is 12. The summed E-state index contributed by atoms with van der Waals surface area (Å²) in [5.74, 6) is 1.17. The summed E-state index contributed by atoms with van der Waals surface area (Å²) in [6.45, 7) is 4.89. The Bertz CT molecular complexity index is 958. The number of benzene rings is 2. The topological polar surface area (TPSA) is 59.1 Å². The second-order valence-electron chi connectivity index (χ2n) is 9.29. The molecule has 2 aromatic carbocycles. The molecule has 0 aromatic heterocycles. The molecule has 0 N–H and O–H groups in total. The number of Topliss-reactive ketones (excluding diaryl/α,β-unsaturated/α-hetero) is 2. The lowest BCUT2D eigenvalue weighted by Crippen LogP contribution is -2.26. The summed E-state index contributed by atoms with van der Waals surface area (Å²) in [5.41, 5.74) is 1.70. The van der Waals surface area contributed by atoms with Crippen LogP contribution in [-0.4, -0.2) is 75.9 Å². The molecule has 192 valence electrons. The summed E-state index contributed by atoms with van der Waals surface area (Å²) in [6, 6.07) is 8.01. The second kappa shape index (κ2) is 13.1. The van der Waals surface area contributed by atoms with Crippen molar-refractivity contribution in [2.24, 2.45) is 0 Å². The summed E-state index contributed by atoms with van der Waals surface area (Å²) >= 11 is 14.4. The van der Waals surface area contributed by atoms with Gasteiger partial charge in [0.05, 0.1) is 31.0 Å². The number of ether oxygens (including phenoxy) is 2. The van der Waals surface area contributed by atoms with Gasteiger partial charge in [0.1, 0.15) is 24.7 Å². The molecular weight excluding hydrogens is 712 g/mol. The summed E-state index contributed by atoms with van der Waals surface area (Å²) in [4.78, 5) is 27.7. The molecule has 0 aliphatic rings. The van der Waals surface area contributed by atoms with Gasteiger partial charge in [-0.2, -0.15) is 0 Å². The lowest BCUT2D eigenvalue weighted by atomic mass is 9.78. The Balaban J connectivity index is 2.26. The van der Waals surface area contributed by atoms with E-state index >= 15 is 0 Å². The first-order valence-electron chi connectivity index (χ1n) is 10.8. The highest BCUT2D eigenvalue weighted by Gasteiger charge is 2.27. The van der Waals surface area contributed by atoms with Crippen LogP contribution in [0.1, 0.15) is 25.0 Å². The Morgan fingerprint density at radius 3 is 1.23 bits per heavy atom. The summed E-state index contributed by atoms with van der Waals surface area (Å²) < 4.78 is 14.6. The van der Waals surface area contributed by atoms with Gasteiger partial charge in [0.15, 0.2) is 11.6 Å². The Kier molecular flexibility index (Phi) is 11.4. The molecule has 0 aliphatic carbocycles. The second-order valence-corrected chi connectivity index (χ2v) is 12.7. The van der Waals surface area contributed by atoms with Crippen molar-refractivity contribution in [2.45, 2.75) is 19.3 Å². The standard InChI is InChI=1S/C25H30Br4N2O4/c1-25(2,15-7-19(26)23(20(27)8-15)34-13-17(32)11-30(3)4)16-9-21(28)24(22(29)10-16)35-14-18(33)12-31(5)6/h7-10H,11-14H2,1-6H3. The Hall–Kier alpha value is -0.780. The van der Waals surface area contributed by atoms with Crippen molar-refractivity contribution in [2.75, 3.05) is 54.5 Å². The first kappa shape index (κ1) is 30.4. The third-order valence-corrected chi connectivity index (χ3v) is 7.54. The molecule has 0 bridgehead atoms. The quantitative estimate of drug-likeness (QED) is 0.263. The van der Waals surface area contributed by atoms with Crippen molar-refractivity contribution in [3.8, 4) is 11.5 Å². The predicted molar refractivity (Wildman–Crippen MR) is 154 cm³/mol. The van der Waals surface area contributed by atoms with Crippen LogP contribution in [0.25, 0.3) is 0 Å². The first-order chi connectivity index (χ1) is 16.2. The van der Waals surface area contributed by atoms with Crippen molar-refractivity contribution in [1.82, 2.24) is 9.80 Å². The van der Waals surface area contributed by atoms with E-state index in [9.17, 15) is 9.59 Å². The van der Waals surface area contributed by atoms with Gasteiger partial charge in [0.25, 0.3) is 0 Å². The monoisotopic (exact) mass is 738 g/mol. The third-order valence-electron chi connectivity index (χ3n) is 5.18. The highest BCUT2D eigenvalue weighted by atomic mass is 79.9. The molecule has 0 fully saturated rings. The average molecular weight is 742 g/mol. The summed E-state index contributed by atoms with van der Waals surface area (Å²) in [5, 5.41) is 0. The lowest BCUT2D eigenvalue weighted by molar-refractivity contribution is -0.122. The lowest BCUT2D eigenvalue weighted by Gasteiger charge is -2.28. The number of ketones is 2. The number of hydrogen-bond donors (Lipinski definition) is 0. The van der Waals surface area contributed by atoms with Crippen molar-refractivity contribution < 1.29 is 19.1 Å². The van der Waals surface area contributed by atoms with E-state index in [1.165, 1.54) is 0 Å². The normalized spacial score (nSPS) is 11.8. The highest BCUT2D eigenvalue weighted by molar-refractivity contribution is 9.11. The van der Waals surface area contributed by atoms with Gasteiger partial charge in [-0.15, -0.1) is 0 Å². The van der Waals surface area contributed by atoms with E-state index in [1.807, 2.05) is 62.3 Å². The van der Waals surface area contributed by atoms with Crippen molar-refractivity contribution >= 4 is 75.3 Å². The third kappa shape index (κ3) is 8.64. The minimum absolute atomic E-state index is 0.00127. The zero-order valence-electron chi connectivity index (χ0n) is 20.7. The highest BCUT2D eigenvalue weighted by Crippen LogP contribution is 2.44. The summed E-state index contributed by atoms with van der Waals surface area (Å²) in [7, 11) is 7.39. The van der Waals surface area contributed by atoms with Gasteiger partial charge >= 0.3 is 0 Å². The largest absolute Gasteiger partial charge is 0.483 e.